The Morgan fingerprint density at radius 3 is 2.55 bits per heavy atom. The molecule has 20 heavy (non-hydrogen) atoms. The number of hydrogen-bond acceptors (Lipinski definition) is 2. The Morgan fingerprint density at radius 1 is 1.05 bits per heavy atom. The molecule has 2 aromatic carbocycles. The fourth-order valence-electron chi connectivity index (χ4n) is 2.53. The van der Waals surface area contributed by atoms with E-state index in [1.165, 1.54) is 16.3 Å². The molecule has 0 heterocycles. The molecule has 0 atom stereocenters. The van der Waals surface area contributed by atoms with E-state index in [1.807, 2.05) is 0 Å². The molecule has 0 aliphatic heterocycles. The average Bonchev–Trinajstić information content (AvgIpc) is 2.46. The third kappa shape index (κ3) is 4.06. The second kappa shape index (κ2) is 7.41. The summed E-state index contributed by atoms with van der Waals surface area (Å²) in [6.07, 6.45) is 0. The molecule has 0 radical (unpaired) electrons. The minimum absolute atomic E-state index is 0.561. The summed E-state index contributed by atoms with van der Waals surface area (Å²) < 4.78 is 0. The lowest BCUT2D eigenvalue weighted by molar-refractivity contribution is 0.277. The van der Waals surface area contributed by atoms with Crippen molar-refractivity contribution in [3.63, 3.8) is 0 Å². The van der Waals surface area contributed by atoms with Crippen LogP contribution in [0.5, 0.6) is 0 Å². The van der Waals surface area contributed by atoms with E-state index >= 15 is 0 Å². The lowest BCUT2D eigenvalue weighted by Gasteiger charge is -2.22. The van der Waals surface area contributed by atoms with Gasteiger partial charge in [-0.05, 0) is 22.9 Å². The molecule has 1 N–H and O–H groups in total. The largest absolute Gasteiger partial charge is 0.313 e. The molecule has 108 valence electrons. The molecular weight excluding hydrogens is 244 g/mol. The Bertz CT molecular complexity index is 528. The maximum absolute atomic E-state index is 3.49. The Kier molecular flexibility index (Phi) is 5.57. The van der Waals surface area contributed by atoms with Gasteiger partial charge in [-0.15, -0.1) is 0 Å². The van der Waals surface area contributed by atoms with E-state index in [9.17, 15) is 0 Å². The molecule has 0 aliphatic rings. The highest BCUT2D eigenvalue weighted by molar-refractivity contribution is 5.85. The van der Waals surface area contributed by atoms with Crippen LogP contribution in [-0.2, 0) is 6.54 Å². The van der Waals surface area contributed by atoms with E-state index < -0.39 is 0 Å². The fourth-order valence-corrected chi connectivity index (χ4v) is 2.53. The Balaban J connectivity index is 2.05. The fraction of sp³-hybridized carbons (Fsp3) is 0.444. The highest BCUT2D eigenvalue weighted by Crippen LogP contribution is 2.19. The van der Waals surface area contributed by atoms with Gasteiger partial charge in [-0.2, -0.15) is 0 Å². The van der Waals surface area contributed by atoms with Gasteiger partial charge in [-0.1, -0.05) is 63.2 Å². The number of fused-ring (bicyclic) bond motifs is 1. The maximum Gasteiger partial charge on any atom is 0.0240 e. The predicted octanol–water partition coefficient (Wildman–Crippen LogP) is 3.66. The van der Waals surface area contributed by atoms with E-state index in [0.717, 1.165) is 26.2 Å². The number of rotatable bonds is 7. The van der Waals surface area contributed by atoms with E-state index in [1.54, 1.807) is 0 Å². The number of nitrogens with one attached hydrogen (secondary N) is 1. The molecule has 0 saturated carbocycles. The summed E-state index contributed by atoms with van der Waals surface area (Å²) in [5.41, 5.74) is 1.43. The van der Waals surface area contributed by atoms with E-state index in [4.69, 9.17) is 0 Å². The minimum Gasteiger partial charge on any atom is -0.313 e. The standard InChI is InChI=1S/C18H26N2/c1-4-20(13-12-19-15(2)3)14-17-10-7-9-16-8-5-6-11-18(16)17/h5-11,15,19H,4,12-14H2,1-3H3. The second-order valence-corrected chi connectivity index (χ2v) is 5.62. The van der Waals surface area contributed by atoms with Crippen molar-refractivity contribution in [2.45, 2.75) is 33.4 Å². The van der Waals surface area contributed by atoms with Crippen molar-refractivity contribution >= 4 is 10.8 Å². The molecule has 0 aliphatic carbocycles. The second-order valence-electron chi connectivity index (χ2n) is 5.62. The predicted molar refractivity (Wildman–Crippen MR) is 88.0 cm³/mol. The zero-order valence-electron chi connectivity index (χ0n) is 12.9. The van der Waals surface area contributed by atoms with Crippen LogP contribution in [0, 0.1) is 0 Å². The minimum atomic E-state index is 0.561. The molecule has 0 spiro atoms. The van der Waals surface area contributed by atoms with Crippen molar-refractivity contribution in [1.29, 1.82) is 0 Å². The first-order chi connectivity index (χ1) is 9.70. The molecule has 0 bridgehead atoms. The lowest BCUT2D eigenvalue weighted by atomic mass is 10.0. The van der Waals surface area contributed by atoms with Gasteiger partial charge >= 0.3 is 0 Å². The molecule has 0 aromatic heterocycles. The summed E-state index contributed by atoms with van der Waals surface area (Å²) >= 11 is 0. The molecule has 0 unspecified atom stereocenters. The van der Waals surface area contributed by atoms with Gasteiger partial charge in [0.15, 0.2) is 0 Å². The van der Waals surface area contributed by atoms with Crippen LogP contribution in [0.25, 0.3) is 10.8 Å². The highest BCUT2D eigenvalue weighted by atomic mass is 15.1. The normalized spacial score (nSPS) is 11.7. The van der Waals surface area contributed by atoms with Crippen LogP contribution < -0.4 is 5.32 Å². The molecular formula is C18H26N2. The Morgan fingerprint density at radius 2 is 1.80 bits per heavy atom. The van der Waals surface area contributed by atoms with Gasteiger partial charge in [0.1, 0.15) is 0 Å². The molecule has 2 nitrogen and oxygen atoms in total. The van der Waals surface area contributed by atoms with Gasteiger partial charge in [0.25, 0.3) is 0 Å². The molecule has 2 aromatic rings. The van der Waals surface area contributed by atoms with Crippen molar-refractivity contribution in [3.05, 3.63) is 48.0 Å². The zero-order chi connectivity index (χ0) is 14.4. The van der Waals surface area contributed by atoms with Crippen molar-refractivity contribution < 1.29 is 0 Å². The van der Waals surface area contributed by atoms with Crippen molar-refractivity contribution in [1.82, 2.24) is 10.2 Å². The van der Waals surface area contributed by atoms with E-state index in [2.05, 4.69) is 73.5 Å². The summed E-state index contributed by atoms with van der Waals surface area (Å²) in [6.45, 7) is 10.9. The van der Waals surface area contributed by atoms with Gasteiger partial charge in [0.05, 0.1) is 0 Å². The van der Waals surface area contributed by atoms with Crippen LogP contribution in [0.3, 0.4) is 0 Å². The van der Waals surface area contributed by atoms with Crippen molar-refractivity contribution in [2.75, 3.05) is 19.6 Å². The van der Waals surface area contributed by atoms with Crippen LogP contribution in [-0.4, -0.2) is 30.6 Å². The first-order valence-corrected chi connectivity index (χ1v) is 7.63. The average molecular weight is 270 g/mol. The molecule has 0 saturated heterocycles. The third-order valence-electron chi connectivity index (χ3n) is 3.70. The summed E-state index contributed by atoms with van der Waals surface area (Å²) in [4.78, 5) is 2.50. The third-order valence-corrected chi connectivity index (χ3v) is 3.70. The van der Waals surface area contributed by atoms with Crippen LogP contribution in [0.15, 0.2) is 42.5 Å². The number of nitrogens with zero attached hydrogens (tertiary/aromatic N) is 1. The Hall–Kier alpha value is -1.38. The van der Waals surface area contributed by atoms with Crippen LogP contribution >= 0.6 is 0 Å². The van der Waals surface area contributed by atoms with Gasteiger partial charge in [0.2, 0.25) is 0 Å². The van der Waals surface area contributed by atoms with Gasteiger partial charge in [-0.25, -0.2) is 0 Å². The summed E-state index contributed by atoms with van der Waals surface area (Å²) in [7, 11) is 0. The van der Waals surface area contributed by atoms with Gasteiger partial charge in [0, 0.05) is 25.7 Å². The summed E-state index contributed by atoms with van der Waals surface area (Å²) in [6, 6.07) is 15.8. The van der Waals surface area contributed by atoms with E-state index in [-0.39, 0.29) is 0 Å². The van der Waals surface area contributed by atoms with Crippen molar-refractivity contribution in [3.8, 4) is 0 Å². The Labute approximate surface area is 122 Å². The molecule has 0 fully saturated rings. The van der Waals surface area contributed by atoms with Crippen LogP contribution in [0.1, 0.15) is 26.3 Å². The molecule has 2 heteroatoms. The molecule has 0 amide bonds. The first-order valence-electron chi connectivity index (χ1n) is 7.63. The molecule has 2 rings (SSSR count). The van der Waals surface area contributed by atoms with Crippen molar-refractivity contribution in [2.24, 2.45) is 0 Å². The maximum atomic E-state index is 3.49. The SMILES string of the molecule is CCN(CCNC(C)C)Cc1cccc2ccccc12. The number of benzene rings is 2. The number of likely N-dealkylation sites (N-methyl/N-ethyl adjacent to an activating group) is 1. The first kappa shape index (κ1) is 15.0. The number of hydrogen-bond donors (Lipinski definition) is 1. The topological polar surface area (TPSA) is 15.3 Å². The summed E-state index contributed by atoms with van der Waals surface area (Å²) in [5, 5.41) is 6.21. The zero-order valence-corrected chi connectivity index (χ0v) is 12.9. The van der Waals surface area contributed by atoms with Crippen LogP contribution in [0.2, 0.25) is 0 Å². The quantitative estimate of drug-likeness (QED) is 0.826. The lowest BCUT2D eigenvalue weighted by Crippen LogP contribution is -2.34. The summed E-state index contributed by atoms with van der Waals surface area (Å²) in [5.74, 6) is 0. The monoisotopic (exact) mass is 270 g/mol. The van der Waals surface area contributed by atoms with Gasteiger partial charge in [-0.3, -0.25) is 4.90 Å². The smallest absolute Gasteiger partial charge is 0.0240 e. The highest BCUT2D eigenvalue weighted by Gasteiger charge is 2.06. The van der Waals surface area contributed by atoms with E-state index in [0.29, 0.717) is 6.04 Å². The van der Waals surface area contributed by atoms with Gasteiger partial charge < -0.3 is 5.32 Å². The van der Waals surface area contributed by atoms with Crippen LogP contribution in [0.4, 0.5) is 0 Å².